The van der Waals surface area contributed by atoms with Crippen molar-refractivity contribution in [3.8, 4) is 0 Å². The van der Waals surface area contributed by atoms with Crippen molar-refractivity contribution in [2.45, 2.75) is 19.8 Å². The molecule has 4 nitrogen and oxygen atoms in total. The van der Waals surface area contributed by atoms with Crippen LogP contribution in [0.15, 0.2) is 64.8 Å². The summed E-state index contributed by atoms with van der Waals surface area (Å²) in [5.74, 6) is 0.0323. The van der Waals surface area contributed by atoms with E-state index in [1.165, 1.54) is 4.90 Å². The maximum absolute atomic E-state index is 13.4. The van der Waals surface area contributed by atoms with Crippen LogP contribution in [-0.4, -0.2) is 29.8 Å². The van der Waals surface area contributed by atoms with Gasteiger partial charge in [0.15, 0.2) is 0 Å². The van der Waals surface area contributed by atoms with E-state index in [0.717, 1.165) is 36.0 Å². The van der Waals surface area contributed by atoms with E-state index in [9.17, 15) is 9.59 Å². The van der Waals surface area contributed by atoms with Gasteiger partial charge in [-0.25, -0.2) is 4.90 Å². The molecule has 5 heteroatoms. The number of anilines is 1. The van der Waals surface area contributed by atoms with Crippen LogP contribution in [0, 0.1) is 5.92 Å². The molecule has 138 valence electrons. The lowest BCUT2D eigenvalue weighted by Crippen LogP contribution is -2.39. The fourth-order valence-electron chi connectivity index (χ4n) is 3.89. The van der Waals surface area contributed by atoms with Crippen LogP contribution in [0.1, 0.15) is 25.3 Å². The zero-order valence-electron chi connectivity index (χ0n) is 15.2. The van der Waals surface area contributed by atoms with Gasteiger partial charge in [-0.15, -0.1) is 0 Å². The Morgan fingerprint density at radius 3 is 2.33 bits per heavy atom. The van der Waals surface area contributed by atoms with Crippen molar-refractivity contribution in [3.05, 3.63) is 70.3 Å². The van der Waals surface area contributed by atoms with Crippen LogP contribution in [0.5, 0.6) is 0 Å². The van der Waals surface area contributed by atoms with Gasteiger partial charge in [-0.3, -0.25) is 9.59 Å². The van der Waals surface area contributed by atoms with Gasteiger partial charge in [-0.2, -0.15) is 0 Å². The first kappa shape index (κ1) is 18.0. The number of halogens is 1. The van der Waals surface area contributed by atoms with Crippen LogP contribution in [0.4, 0.5) is 5.69 Å². The summed E-state index contributed by atoms with van der Waals surface area (Å²) in [5.41, 5.74) is 2.45. The molecule has 2 heterocycles. The van der Waals surface area contributed by atoms with Crippen molar-refractivity contribution >= 4 is 39.0 Å². The number of hydrogen-bond acceptors (Lipinski definition) is 3. The normalized spacial score (nSPS) is 20.6. The summed E-state index contributed by atoms with van der Waals surface area (Å²) in [7, 11) is 0. The van der Waals surface area contributed by atoms with Crippen molar-refractivity contribution < 1.29 is 9.59 Å². The minimum Gasteiger partial charge on any atom is -0.366 e. The summed E-state index contributed by atoms with van der Waals surface area (Å²) >= 11 is 3.41. The Balaban J connectivity index is 1.81. The van der Waals surface area contributed by atoms with E-state index in [0.29, 0.717) is 22.9 Å². The molecule has 0 radical (unpaired) electrons. The van der Waals surface area contributed by atoms with Crippen LogP contribution in [-0.2, 0) is 9.59 Å². The highest BCUT2D eigenvalue weighted by Gasteiger charge is 2.43. The van der Waals surface area contributed by atoms with Gasteiger partial charge in [-0.05, 0) is 48.6 Å². The lowest BCUT2D eigenvalue weighted by molar-refractivity contribution is -0.120. The van der Waals surface area contributed by atoms with Crippen LogP contribution in [0.25, 0.3) is 5.57 Å². The van der Waals surface area contributed by atoms with E-state index < -0.39 is 0 Å². The summed E-state index contributed by atoms with van der Waals surface area (Å²) in [5, 5.41) is 0. The van der Waals surface area contributed by atoms with Crippen LogP contribution >= 0.6 is 15.9 Å². The number of piperidine rings is 1. The van der Waals surface area contributed by atoms with Gasteiger partial charge in [0.05, 0.1) is 11.3 Å². The monoisotopic (exact) mass is 424 g/mol. The molecule has 0 saturated carbocycles. The highest BCUT2D eigenvalue weighted by Crippen LogP contribution is 2.36. The second-order valence-corrected chi connectivity index (χ2v) is 8.12. The predicted molar refractivity (Wildman–Crippen MR) is 110 cm³/mol. The molecule has 0 aliphatic carbocycles. The zero-order chi connectivity index (χ0) is 19.0. The van der Waals surface area contributed by atoms with Gasteiger partial charge in [0, 0.05) is 17.6 Å². The molecule has 2 aromatic carbocycles. The highest BCUT2D eigenvalue weighted by molar-refractivity contribution is 9.10. The molecular formula is C22H21BrN2O2. The smallest absolute Gasteiger partial charge is 0.282 e. The van der Waals surface area contributed by atoms with Gasteiger partial charge in [0.25, 0.3) is 11.8 Å². The average molecular weight is 425 g/mol. The van der Waals surface area contributed by atoms with Crippen molar-refractivity contribution in [1.29, 1.82) is 0 Å². The molecule has 2 aliphatic heterocycles. The molecule has 2 aliphatic rings. The second-order valence-electron chi connectivity index (χ2n) is 7.21. The molecule has 2 aromatic rings. The molecule has 0 N–H and O–H groups in total. The topological polar surface area (TPSA) is 40.6 Å². The molecule has 2 amide bonds. The molecule has 4 rings (SSSR count). The Morgan fingerprint density at radius 2 is 1.67 bits per heavy atom. The van der Waals surface area contributed by atoms with Crippen molar-refractivity contribution in [3.63, 3.8) is 0 Å². The lowest BCUT2D eigenvalue weighted by Gasteiger charge is -2.33. The van der Waals surface area contributed by atoms with Gasteiger partial charge in [-0.1, -0.05) is 53.2 Å². The van der Waals surface area contributed by atoms with Gasteiger partial charge in [0.2, 0.25) is 0 Å². The quantitative estimate of drug-likeness (QED) is 0.682. The first-order valence-corrected chi connectivity index (χ1v) is 10.0. The van der Waals surface area contributed by atoms with Crippen LogP contribution in [0.3, 0.4) is 0 Å². The molecule has 1 saturated heterocycles. The first-order valence-electron chi connectivity index (χ1n) is 9.25. The lowest BCUT2D eigenvalue weighted by atomic mass is 9.98. The van der Waals surface area contributed by atoms with Gasteiger partial charge >= 0.3 is 0 Å². The molecule has 1 atom stereocenters. The third-order valence-corrected chi connectivity index (χ3v) is 5.71. The molecule has 0 aromatic heterocycles. The summed E-state index contributed by atoms with van der Waals surface area (Å²) < 4.78 is 0.909. The third-order valence-electron chi connectivity index (χ3n) is 5.18. The molecule has 1 fully saturated rings. The number of rotatable bonds is 3. The van der Waals surface area contributed by atoms with Gasteiger partial charge < -0.3 is 4.90 Å². The largest absolute Gasteiger partial charge is 0.366 e. The fourth-order valence-corrected chi connectivity index (χ4v) is 4.16. The van der Waals surface area contributed by atoms with E-state index >= 15 is 0 Å². The molecule has 0 spiro atoms. The number of benzene rings is 2. The van der Waals surface area contributed by atoms with E-state index in [-0.39, 0.29) is 11.8 Å². The van der Waals surface area contributed by atoms with Crippen molar-refractivity contribution in [2.75, 3.05) is 18.0 Å². The van der Waals surface area contributed by atoms with Gasteiger partial charge in [0.1, 0.15) is 5.70 Å². The van der Waals surface area contributed by atoms with E-state index in [1.807, 2.05) is 42.5 Å². The number of nitrogens with zero attached hydrogens (tertiary/aromatic N) is 2. The molecular weight excluding hydrogens is 404 g/mol. The van der Waals surface area contributed by atoms with E-state index in [4.69, 9.17) is 0 Å². The summed E-state index contributed by atoms with van der Waals surface area (Å²) in [6.45, 7) is 3.81. The number of amides is 2. The first-order chi connectivity index (χ1) is 13.1. The number of likely N-dealkylation sites (tertiary alicyclic amines) is 1. The van der Waals surface area contributed by atoms with Crippen LogP contribution < -0.4 is 4.90 Å². The highest BCUT2D eigenvalue weighted by atomic mass is 79.9. The van der Waals surface area contributed by atoms with E-state index in [2.05, 4.69) is 27.8 Å². The number of hydrogen-bond donors (Lipinski definition) is 0. The SMILES string of the molecule is CC1CCCN(C2=C(c3ccccc3)C(=O)N(c3ccc(Br)cc3)C2=O)C1. The fraction of sp³-hybridized carbons (Fsp3) is 0.273. The summed E-state index contributed by atoms with van der Waals surface area (Å²) in [6.07, 6.45) is 2.19. The van der Waals surface area contributed by atoms with Crippen LogP contribution in [0.2, 0.25) is 0 Å². The van der Waals surface area contributed by atoms with Crippen molar-refractivity contribution in [1.82, 2.24) is 4.90 Å². The second kappa shape index (κ2) is 7.31. The maximum atomic E-state index is 13.4. The Morgan fingerprint density at radius 1 is 0.963 bits per heavy atom. The molecule has 0 bridgehead atoms. The molecule has 1 unspecified atom stereocenters. The summed E-state index contributed by atoms with van der Waals surface area (Å²) in [4.78, 5) is 30.1. The number of carbonyl (C=O) groups is 2. The Labute approximate surface area is 167 Å². The minimum atomic E-state index is -0.248. The third kappa shape index (κ3) is 3.32. The summed E-state index contributed by atoms with van der Waals surface area (Å²) in [6, 6.07) is 16.8. The zero-order valence-corrected chi connectivity index (χ0v) is 16.8. The Bertz CT molecular complexity index is 906. The maximum Gasteiger partial charge on any atom is 0.282 e. The minimum absolute atomic E-state index is 0.227. The average Bonchev–Trinajstić information content (AvgIpc) is 2.94. The van der Waals surface area contributed by atoms with E-state index in [1.54, 1.807) is 12.1 Å². The van der Waals surface area contributed by atoms with Crippen molar-refractivity contribution in [2.24, 2.45) is 5.92 Å². The Hall–Kier alpha value is -2.40. The molecule has 27 heavy (non-hydrogen) atoms. The predicted octanol–water partition coefficient (Wildman–Crippen LogP) is 4.47. The number of carbonyl (C=O) groups excluding carboxylic acids is 2. The number of imide groups is 1. The Kier molecular flexibility index (Phi) is 4.87. The standard InChI is InChI=1S/C22H21BrN2O2/c1-15-6-5-13-24(14-15)20-19(16-7-3-2-4-8-16)21(26)25(22(20)27)18-11-9-17(23)10-12-18/h2-4,7-12,15H,5-6,13-14H2,1H3.